The van der Waals surface area contributed by atoms with Crippen molar-refractivity contribution >= 4 is 28.1 Å². The van der Waals surface area contributed by atoms with Crippen molar-refractivity contribution in [1.29, 1.82) is 0 Å². The number of hydrogen-bond donors (Lipinski definition) is 1. The van der Waals surface area contributed by atoms with Crippen molar-refractivity contribution < 1.29 is 19.0 Å². The van der Waals surface area contributed by atoms with Gasteiger partial charge in [-0.25, -0.2) is 0 Å². The van der Waals surface area contributed by atoms with Gasteiger partial charge in [0.1, 0.15) is 12.4 Å². The third kappa shape index (κ3) is 10.9. The van der Waals surface area contributed by atoms with Crippen molar-refractivity contribution in [2.75, 3.05) is 93.4 Å². The van der Waals surface area contributed by atoms with E-state index in [2.05, 4.69) is 44.2 Å². The molecule has 1 aromatic carbocycles. The minimum Gasteiger partial charge on any atom is -0.491 e. The van der Waals surface area contributed by atoms with Crippen LogP contribution in [-0.4, -0.2) is 126 Å². The minimum absolute atomic E-state index is 0.0508. The highest BCUT2D eigenvalue weighted by Gasteiger charge is 2.27. The molecule has 0 spiro atoms. The molecule has 9 nitrogen and oxygen atoms in total. The number of likely N-dealkylation sites (tertiary alicyclic amines) is 1. The van der Waals surface area contributed by atoms with Crippen LogP contribution in [-0.2, 0) is 20.8 Å². The molecule has 0 saturated carbocycles. The molecule has 218 valence electrons. The average molecular weight is 562 g/mol. The monoisotopic (exact) mass is 561 g/mol. The Hall–Kier alpha value is -1.95. The number of piperazine rings is 1. The minimum atomic E-state index is -0.0508. The quantitative estimate of drug-likeness (QED) is 0.188. The van der Waals surface area contributed by atoms with Gasteiger partial charge in [0, 0.05) is 56.8 Å². The van der Waals surface area contributed by atoms with Crippen LogP contribution in [0.15, 0.2) is 29.3 Å². The number of benzene rings is 1. The average Bonchev–Trinajstić information content (AvgIpc) is 3.38. The Morgan fingerprint density at radius 1 is 1.08 bits per heavy atom. The van der Waals surface area contributed by atoms with E-state index in [0.717, 1.165) is 80.5 Å². The summed E-state index contributed by atoms with van der Waals surface area (Å²) < 4.78 is 17.7. The molecule has 0 aromatic heterocycles. The van der Waals surface area contributed by atoms with Crippen LogP contribution >= 0.6 is 11.8 Å². The van der Waals surface area contributed by atoms with E-state index in [0.29, 0.717) is 33.0 Å². The molecule has 2 heterocycles. The number of allylic oxidation sites excluding steroid dienone is 1. The number of hydrogen-bond acceptors (Lipinski definition) is 9. The number of carbonyl (C=O) groups excluding carboxylic acids is 1. The lowest BCUT2D eigenvalue weighted by atomic mass is 10.1. The summed E-state index contributed by atoms with van der Waals surface area (Å²) >= 11 is 1.57. The second-order valence-electron chi connectivity index (χ2n) is 10.0. The number of amides is 1. The molecular formula is C29H47N5O4S. The van der Waals surface area contributed by atoms with Crippen LogP contribution in [0.5, 0.6) is 5.75 Å². The molecule has 2 aliphatic heterocycles. The number of thioether (sulfide) groups is 1. The first-order chi connectivity index (χ1) is 19.0. The molecule has 1 atom stereocenters. The Morgan fingerprint density at radius 2 is 1.82 bits per heavy atom. The van der Waals surface area contributed by atoms with E-state index in [4.69, 9.17) is 14.2 Å². The van der Waals surface area contributed by atoms with Gasteiger partial charge in [0.15, 0.2) is 0 Å². The Kier molecular flexibility index (Phi) is 14.3. The lowest BCUT2D eigenvalue weighted by Gasteiger charge is -2.32. The first-order valence-corrected chi connectivity index (χ1v) is 14.9. The van der Waals surface area contributed by atoms with Gasteiger partial charge < -0.3 is 24.4 Å². The van der Waals surface area contributed by atoms with Gasteiger partial charge in [-0.2, -0.15) is 0 Å². The molecule has 2 saturated heterocycles. The molecule has 0 aliphatic carbocycles. The predicted molar refractivity (Wildman–Crippen MR) is 161 cm³/mol. The Bertz CT molecular complexity index is 936. The number of nitrogens with one attached hydrogen (secondary N) is 1. The zero-order valence-corrected chi connectivity index (χ0v) is 25.0. The van der Waals surface area contributed by atoms with Crippen molar-refractivity contribution in [2.45, 2.75) is 32.4 Å². The van der Waals surface area contributed by atoms with Gasteiger partial charge in [0.25, 0.3) is 0 Å². The van der Waals surface area contributed by atoms with Gasteiger partial charge in [-0.15, -0.1) is 0 Å². The second-order valence-corrected chi connectivity index (χ2v) is 10.9. The van der Waals surface area contributed by atoms with Gasteiger partial charge >= 0.3 is 0 Å². The summed E-state index contributed by atoms with van der Waals surface area (Å²) in [5.41, 5.74) is 3.82. The molecule has 1 amide bonds. The molecule has 2 aliphatic rings. The van der Waals surface area contributed by atoms with Crippen LogP contribution < -0.4 is 10.1 Å². The Balaban J connectivity index is 1.44. The van der Waals surface area contributed by atoms with Gasteiger partial charge in [-0.05, 0) is 52.0 Å². The van der Waals surface area contributed by atoms with E-state index in [1.807, 2.05) is 31.7 Å². The SMILES string of the molecule is C/C=C(/SC=NC)c1ccc(CNC(=O)[C@@H]2CCCN2C)c(OCCOCCOCCN2CCN(C)CC2)c1. The Morgan fingerprint density at radius 3 is 2.51 bits per heavy atom. The maximum Gasteiger partial charge on any atom is 0.237 e. The summed E-state index contributed by atoms with van der Waals surface area (Å²) in [4.78, 5) is 24.8. The maximum absolute atomic E-state index is 12.7. The van der Waals surface area contributed by atoms with Gasteiger partial charge in [-0.3, -0.25) is 19.6 Å². The summed E-state index contributed by atoms with van der Waals surface area (Å²) in [7, 11) is 5.94. The zero-order valence-electron chi connectivity index (χ0n) is 24.2. The molecule has 0 bridgehead atoms. The molecular weight excluding hydrogens is 514 g/mol. The lowest BCUT2D eigenvalue weighted by Crippen LogP contribution is -2.45. The van der Waals surface area contributed by atoms with Crippen LogP contribution in [0.2, 0.25) is 0 Å². The van der Waals surface area contributed by atoms with E-state index >= 15 is 0 Å². The fourth-order valence-corrected chi connectivity index (χ4v) is 5.36. The van der Waals surface area contributed by atoms with Gasteiger partial charge in [0.05, 0.1) is 38.0 Å². The van der Waals surface area contributed by atoms with Crippen molar-refractivity contribution in [2.24, 2.45) is 4.99 Å². The highest BCUT2D eigenvalue weighted by molar-refractivity contribution is 8.20. The number of ether oxygens (including phenoxy) is 3. The molecule has 39 heavy (non-hydrogen) atoms. The summed E-state index contributed by atoms with van der Waals surface area (Å²) in [5.74, 6) is 0.831. The van der Waals surface area contributed by atoms with Crippen molar-refractivity contribution in [1.82, 2.24) is 20.0 Å². The van der Waals surface area contributed by atoms with Gasteiger partial charge in [-0.1, -0.05) is 30.0 Å². The van der Waals surface area contributed by atoms with Crippen LogP contribution in [0.1, 0.15) is 30.9 Å². The molecule has 0 unspecified atom stereocenters. The van der Waals surface area contributed by atoms with E-state index in [9.17, 15) is 4.79 Å². The summed E-state index contributed by atoms with van der Waals surface area (Å²) in [6.45, 7) is 11.6. The second kappa shape index (κ2) is 17.7. The molecule has 2 fully saturated rings. The van der Waals surface area contributed by atoms with Crippen molar-refractivity contribution in [3.63, 3.8) is 0 Å². The van der Waals surface area contributed by atoms with Crippen LogP contribution in [0.4, 0.5) is 0 Å². The van der Waals surface area contributed by atoms with Crippen LogP contribution in [0, 0.1) is 0 Å². The largest absolute Gasteiger partial charge is 0.491 e. The van der Waals surface area contributed by atoms with E-state index < -0.39 is 0 Å². The van der Waals surface area contributed by atoms with E-state index in [1.54, 1.807) is 18.8 Å². The number of rotatable bonds is 16. The van der Waals surface area contributed by atoms with Gasteiger partial charge in [0.2, 0.25) is 5.91 Å². The fraction of sp³-hybridized carbons (Fsp3) is 0.655. The predicted octanol–water partition coefficient (Wildman–Crippen LogP) is 2.81. The summed E-state index contributed by atoms with van der Waals surface area (Å²) in [6.07, 6.45) is 4.03. The van der Waals surface area contributed by atoms with Crippen LogP contribution in [0.25, 0.3) is 4.91 Å². The van der Waals surface area contributed by atoms with Crippen molar-refractivity contribution in [3.8, 4) is 5.75 Å². The number of likely N-dealkylation sites (N-methyl/N-ethyl adjacent to an activating group) is 2. The third-order valence-electron chi connectivity index (χ3n) is 7.18. The highest BCUT2D eigenvalue weighted by atomic mass is 32.2. The molecule has 10 heteroatoms. The summed E-state index contributed by atoms with van der Waals surface area (Å²) in [6, 6.07) is 6.09. The lowest BCUT2D eigenvalue weighted by molar-refractivity contribution is -0.125. The highest BCUT2D eigenvalue weighted by Crippen LogP contribution is 2.31. The van der Waals surface area contributed by atoms with E-state index in [1.165, 1.54) is 0 Å². The molecule has 0 radical (unpaired) electrons. The Labute approximate surface area is 238 Å². The van der Waals surface area contributed by atoms with E-state index in [-0.39, 0.29) is 11.9 Å². The summed E-state index contributed by atoms with van der Waals surface area (Å²) in [5, 5.41) is 3.11. The number of nitrogens with zero attached hydrogens (tertiary/aromatic N) is 4. The molecule has 3 rings (SSSR count). The standard InChI is InChI=1S/C29H47N5O4S/c1-5-28(39-23-30-2)24-8-9-25(22-31-29(35)26-7-6-10-33(26)4)27(21-24)38-20-19-37-18-17-36-16-15-34-13-11-32(3)12-14-34/h5,8-9,21,23,26H,6-7,10-20,22H2,1-4H3,(H,31,35)/b28-5+,30-23?/t26-/m0/s1. The number of carbonyl (C=O) groups is 1. The number of aliphatic imine (C=N–C) groups is 1. The zero-order chi connectivity index (χ0) is 27.9. The maximum atomic E-state index is 12.7. The third-order valence-corrected chi connectivity index (χ3v) is 8.22. The topological polar surface area (TPSA) is 78.9 Å². The first kappa shape index (κ1) is 31.6. The normalized spacial score (nSPS) is 19.7. The first-order valence-electron chi connectivity index (χ1n) is 14.1. The van der Waals surface area contributed by atoms with Crippen LogP contribution in [0.3, 0.4) is 0 Å². The molecule has 1 N–H and O–H groups in total. The molecule has 1 aromatic rings. The fourth-order valence-electron chi connectivity index (χ4n) is 4.74. The smallest absolute Gasteiger partial charge is 0.237 e. The van der Waals surface area contributed by atoms with Crippen molar-refractivity contribution in [3.05, 3.63) is 35.4 Å².